The van der Waals surface area contributed by atoms with E-state index in [1.54, 1.807) is 12.1 Å². The molecular weight excluding hydrogens is 244 g/mol. The molecule has 17 heavy (non-hydrogen) atoms. The lowest BCUT2D eigenvalue weighted by Gasteiger charge is -2.19. The van der Waals surface area contributed by atoms with Crippen LogP contribution in [-0.2, 0) is 4.79 Å². The van der Waals surface area contributed by atoms with Gasteiger partial charge in [-0.05, 0) is 18.2 Å². The van der Waals surface area contributed by atoms with Gasteiger partial charge in [0.05, 0.1) is 0 Å². The lowest BCUT2D eigenvalue weighted by atomic mass is 10.0. The van der Waals surface area contributed by atoms with Gasteiger partial charge in [-0.25, -0.2) is 0 Å². The molecule has 1 rings (SSSR count). The lowest BCUT2D eigenvalue weighted by Crippen LogP contribution is -2.34. The van der Waals surface area contributed by atoms with Crippen LogP contribution in [0.15, 0.2) is 18.2 Å². The Labute approximate surface area is 104 Å². The van der Waals surface area contributed by atoms with Gasteiger partial charge in [0.2, 0.25) is 5.91 Å². The number of amides is 1. The minimum Gasteiger partial charge on any atom is -0.399 e. The minimum atomic E-state index is -1.20. The normalized spacial score (nSPS) is 14.1. The molecule has 0 radical (unpaired) electrons. The topological polar surface area (TPSA) is 95.6 Å². The second-order valence-electron chi connectivity index (χ2n) is 3.73. The van der Waals surface area contributed by atoms with Crippen molar-refractivity contribution in [2.45, 2.75) is 19.1 Å². The van der Waals surface area contributed by atoms with Gasteiger partial charge in [0.15, 0.2) is 0 Å². The summed E-state index contributed by atoms with van der Waals surface area (Å²) in [6.07, 6.45) is -2.34. The highest BCUT2D eigenvalue weighted by atomic mass is 35.5. The molecule has 1 aromatic carbocycles. The molecule has 0 aromatic heterocycles. The number of hydrogen-bond donors (Lipinski definition) is 4. The minimum absolute atomic E-state index is 0.0539. The van der Waals surface area contributed by atoms with E-state index in [-0.39, 0.29) is 12.5 Å². The third kappa shape index (κ3) is 3.89. The molecule has 1 aromatic rings. The van der Waals surface area contributed by atoms with E-state index in [1.165, 1.54) is 13.0 Å². The molecule has 5 N–H and O–H groups in total. The van der Waals surface area contributed by atoms with E-state index in [4.69, 9.17) is 17.3 Å². The van der Waals surface area contributed by atoms with E-state index >= 15 is 0 Å². The largest absolute Gasteiger partial charge is 0.399 e. The summed E-state index contributed by atoms with van der Waals surface area (Å²) < 4.78 is 0. The molecule has 0 aliphatic carbocycles. The van der Waals surface area contributed by atoms with Crippen LogP contribution in [0, 0.1) is 0 Å². The summed E-state index contributed by atoms with van der Waals surface area (Å²) in [5.74, 6) is -0.282. The number of anilines is 1. The van der Waals surface area contributed by atoms with Crippen molar-refractivity contribution in [3.63, 3.8) is 0 Å². The first-order valence-corrected chi connectivity index (χ1v) is 5.45. The number of carbonyl (C=O) groups is 1. The van der Waals surface area contributed by atoms with Crippen molar-refractivity contribution < 1.29 is 15.0 Å². The second-order valence-corrected chi connectivity index (χ2v) is 4.14. The number of nitrogens with two attached hydrogens (primary N) is 1. The van der Waals surface area contributed by atoms with Crippen LogP contribution < -0.4 is 11.1 Å². The molecule has 5 nitrogen and oxygen atoms in total. The third-order valence-electron chi connectivity index (χ3n) is 2.26. The van der Waals surface area contributed by atoms with Gasteiger partial charge in [-0.3, -0.25) is 4.79 Å². The maximum Gasteiger partial charge on any atom is 0.216 e. The van der Waals surface area contributed by atoms with Gasteiger partial charge in [-0.15, -0.1) is 0 Å². The molecule has 94 valence electrons. The average Bonchev–Trinajstić information content (AvgIpc) is 2.28. The second kappa shape index (κ2) is 5.86. The molecule has 0 spiro atoms. The van der Waals surface area contributed by atoms with E-state index in [0.29, 0.717) is 16.3 Å². The lowest BCUT2D eigenvalue weighted by molar-refractivity contribution is -0.119. The maximum absolute atomic E-state index is 10.7. The number of hydrogen-bond acceptors (Lipinski definition) is 4. The Hall–Kier alpha value is -1.30. The molecule has 6 heteroatoms. The van der Waals surface area contributed by atoms with Crippen LogP contribution in [-0.4, -0.2) is 28.8 Å². The van der Waals surface area contributed by atoms with Gasteiger partial charge in [-0.1, -0.05) is 11.6 Å². The molecule has 0 bridgehead atoms. The number of halogens is 1. The zero-order valence-electron chi connectivity index (χ0n) is 9.35. The average molecular weight is 259 g/mol. The van der Waals surface area contributed by atoms with Crippen molar-refractivity contribution in [3.05, 3.63) is 28.8 Å². The van der Waals surface area contributed by atoms with Crippen LogP contribution in [0.1, 0.15) is 18.6 Å². The quantitative estimate of drug-likeness (QED) is 0.590. The SMILES string of the molecule is CC(=O)NCC(O)C(O)c1cc(N)ccc1Cl. The molecule has 1 amide bonds. The highest BCUT2D eigenvalue weighted by Crippen LogP contribution is 2.27. The Morgan fingerprint density at radius 2 is 2.18 bits per heavy atom. The number of nitrogens with one attached hydrogen (secondary N) is 1. The predicted octanol–water partition coefficient (Wildman–Crippen LogP) is 0.453. The first kappa shape index (κ1) is 13.8. The van der Waals surface area contributed by atoms with Crippen LogP contribution in [0.3, 0.4) is 0 Å². The Balaban J connectivity index is 2.77. The van der Waals surface area contributed by atoms with Crippen LogP contribution in [0.4, 0.5) is 5.69 Å². The van der Waals surface area contributed by atoms with Gasteiger partial charge < -0.3 is 21.3 Å². The van der Waals surface area contributed by atoms with Crippen molar-refractivity contribution in [2.75, 3.05) is 12.3 Å². The summed E-state index contributed by atoms with van der Waals surface area (Å²) in [6.45, 7) is 1.27. The van der Waals surface area contributed by atoms with Crippen LogP contribution in [0.5, 0.6) is 0 Å². The smallest absolute Gasteiger partial charge is 0.216 e. The standard InChI is InChI=1S/C11H15ClN2O3/c1-6(15)14-5-10(16)11(17)8-4-7(13)2-3-9(8)12/h2-4,10-11,16-17H,5,13H2,1H3,(H,14,15). The van der Waals surface area contributed by atoms with Crippen molar-refractivity contribution in [1.82, 2.24) is 5.32 Å². The van der Waals surface area contributed by atoms with Gasteiger partial charge in [0, 0.05) is 29.7 Å². The van der Waals surface area contributed by atoms with Gasteiger partial charge in [-0.2, -0.15) is 0 Å². The molecule has 0 saturated carbocycles. The summed E-state index contributed by atoms with van der Waals surface area (Å²) in [6, 6.07) is 4.63. The highest BCUT2D eigenvalue weighted by molar-refractivity contribution is 6.31. The fourth-order valence-electron chi connectivity index (χ4n) is 1.36. The number of aliphatic hydroxyl groups excluding tert-OH is 2. The summed E-state index contributed by atoms with van der Waals surface area (Å²) in [4.78, 5) is 10.7. The van der Waals surface area contributed by atoms with Gasteiger partial charge in [0.1, 0.15) is 12.2 Å². The first-order chi connectivity index (χ1) is 7.91. The number of nitrogen functional groups attached to an aromatic ring is 1. The van der Waals surface area contributed by atoms with Gasteiger partial charge in [0.25, 0.3) is 0 Å². The molecule has 0 fully saturated rings. The van der Waals surface area contributed by atoms with Crippen LogP contribution in [0.2, 0.25) is 5.02 Å². The molecule has 0 heterocycles. The van der Waals surface area contributed by atoms with Crippen LogP contribution >= 0.6 is 11.6 Å². The summed E-state index contributed by atoms with van der Waals surface area (Å²) >= 11 is 5.88. The van der Waals surface area contributed by atoms with E-state index < -0.39 is 12.2 Å². The Morgan fingerprint density at radius 3 is 2.76 bits per heavy atom. The monoisotopic (exact) mass is 258 g/mol. The van der Waals surface area contributed by atoms with Crippen molar-refractivity contribution in [1.29, 1.82) is 0 Å². The summed E-state index contributed by atoms with van der Waals surface area (Å²) in [5.41, 5.74) is 6.34. The highest BCUT2D eigenvalue weighted by Gasteiger charge is 2.21. The number of aliphatic hydroxyl groups is 2. The van der Waals surface area contributed by atoms with Crippen molar-refractivity contribution in [3.8, 4) is 0 Å². The third-order valence-corrected chi connectivity index (χ3v) is 2.61. The Bertz CT molecular complexity index is 412. The van der Waals surface area contributed by atoms with E-state index in [2.05, 4.69) is 5.32 Å². The molecular formula is C11H15ClN2O3. The molecule has 0 aliphatic rings. The predicted molar refractivity (Wildman–Crippen MR) is 65.5 cm³/mol. The molecule has 2 atom stereocenters. The Kier molecular flexibility index (Phi) is 4.74. The van der Waals surface area contributed by atoms with Crippen LogP contribution in [0.25, 0.3) is 0 Å². The Morgan fingerprint density at radius 1 is 1.53 bits per heavy atom. The maximum atomic E-state index is 10.7. The zero-order valence-corrected chi connectivity index (χ0v) is 10.1. The zero-order chi connectivity index (χ0) is 13.0. The van der Waals surface area contributed by atoms with E-state index in [0.717, 1.165) is 0 Å². The molecule has 0 aliphatic heterocycles. The fourth-order valence-corrected chi connectivity index (χ4v) is 1.59. The summed E-state index contributed by atoms with van der Waals surface area (Å²) in [7, 11) is 0. The van der Waals surface area contributed by atoms with Crippen molar-refractivity contribution >= 4 is 23.2 Å². The summed E-state index contributed by atoms with van der Waals surface area (Å²) in [5, 5.41) is 22.3. The van der Waals surface area contributed by atoms with Gasteiger partial charge >= 0.3 is 0 Å². The first-order valence-electron chi connectivity index (χ1n) is 5.07. The van der Waals surface area contributed by atoms with Crippen molar-refractivity contribution in [2.24, 2.45) is 0 Å². The number of benzene rings is 1. The van der Waals surface area contributed by atoms with E-state index in [1.807, 2.05) is 0 Å². The molecule has 0 saturated heterocycles. The number of carbonyl (C=O) groups excluding carboxylic acids is 1. The van der Waals surface area contributed by atoms with E-state index in [9.17, 15) is 15.0 Å². The molecule has 2 unspecified atom stereocenters. The fraction of sp³-hybridized carbons (Fsp3) is 0.364. The number of rotatable bonds is 4.